The van der Waals surface area contributed by atoms with Gasteiger partial charge >= 0.3 is 0 Å². The molecule has 2 atom stereocenters. The Kier molecular flexibility index (Phi) is 2.94. The number of benzene rings is 1. The van der Waals surface area contributed by atoms with Crippen molar-refractivity contribution in [3.05, 3.63) is 58.9 Å². The largest absolute Gasteiger partial charge is 0.485 e. The fourth-order valence-electron chi connectivity index (χ4n) is 2.19. The number of hydrogen-bond acceptors (Lipinski definition) is 3. The van der Waals surface area contributed by atoms with Gasteiger partial charge in [-0.2, -0.15) is 0 Å². The Balaban J connectivity index is 1.95. The summed E-state index contributed by atoms with van der Waals surface area (Å²) in [5, 5.41) is 10.8. The highest BCUT2D eigenvalue weighted by Crippen LogP contribution is 2.41. The fourth-order valence-corrected chi connectivity index (χ4v) is 2.37. The monoisotopic (exact) mass is 261 g/mol. The Hall–Kier alpha value is -1.58. The van der Waals surface area contributed by atoms with E-state index in [1.54, 1.807) is 30.6 Å². The Morgan fingerprint density at radius 2 is 2.22 bits per heavy atom. The normalized spacial score (nSPS) is 22.1. The summed E-state index contributed by atoms with van der Waals surface area (Å²) in [6.07, 6.45) is 3.27. The zero-order valence-electron chi connectivity index (χ0n) is 9.58. The molecule has 1 aromatic carbocycles. The molecule has 0 amide bonds. The highest BCUT2D eigenvalue weighted by molar-refractivity contribution is 6.30. The third-order valence-corrected chi connectivity index (χ3v) is 3.33. The van der Waals surface area contributed by atoms with E-state index in [0.717, 1.165) is 11.1 Å². The second-order valence-corrected chi connectivity index (χ2v) is 4.76. The number of fused-ring (bicyclic) bond motifs is 1. The fraction of sp³-hybridized carbons (Fsp3) is 0.214. The van der Waals surface area contributed by atoms with Crippen molar-refractivity contribution in [3.8, 4) is 5.75 Å². The number of aromatic nitrogens is 1. The first-order valence-corrected chi connectivity index (χ1v) is 6.16. The van der Waals surface area contributed by atoms with E-state index < -0.39 is 6.10 Å². The van der Waals surface area contributed by atoms with Crippen molar-refractivity contribution in [2.45, 2.75) is 18.6 Å². The lowest BCUT2D eigenvalue weighted by molar-refractivity contribution is 0.0656. The van der Waals surface area contributed by atoms with Crippen LogP contribution in [0.4, 0.5) is 0 Å². The van der Waals surface area contributed by atoms with Gasteiger partial charge in [0.1, 0.15) is 11.9 Å². The summed E-state index contributed by atoms with van der Waals surface area (Å²) >= 11 is 5.92. The molecule has 1 aliphatic rings. The standard InChI is InChI=1S/C14H12ClNO2/c15-10-3-4-13-11(6-10)12(17)7-14(18-13)9-2-1-5-16-8-9/h1-6,8,12,14,17H,7H2. The topological polar surface area (TPSA) is 42.4 Å². The summed E-state index contributed by atoms with van der Waals surface area (Å²) in [4.78, 5) is 4.07. The van der Waals surface area contributed by atoms with E-state index in [2.05, 4.69) is 4.98 Å². The summed E-state index contributed by atoms with van der Waals surface area (Å²) in [5.74, 6) is 0.687. The van der Waals surface area contributed by atoms with Crippen molar-refractivity contribution in [2.24, 2.45) is 0 Å². The minimum absolute atomic E-state index is 0.164. The smallest absolute Gasteiger partial charge is 0.128 e. The van der Waals surface area contributed by atoms with Crippen LogP contribution in [0, 0.1) is 0 Å². The quantitative estimate of drug-likeness (QED) is 0.857. The molecule has 0 aliphatic carbocycles. The molecular weight excluding hydrogens is 250 g/mol. The maximum absolute atomic E-state index is 10.2. The van der Waals surface area contributed by atoms with E-state index in [0.29, 0.717) is 17.2 Å². The minimum atomic E-state index is -0.558. The molecule has 2 heterocycles. The van der Waals surface area contributed by atoms with Gasteiger partial charge in [0, 0.05) is 35.0 Å². The van der Waals surface area contributed by atoms with Crippen molar-refractivity contribution in [2.75, 3.05) is 0 Å². The van der Waals surface area contributed by atoms with Crippen LogP contribution in [0.2, 0.25) is 5.02 Å². The summed E-state index contributed by atoms with van der Waals surface area (Å²) < 4.78 is 5.88. The van der Waals surface area contributed by atoms with Crippen LogP contribution in [0.5, 0.6) is 5.75 Å². The van der Waals surface area contributed by atoms with Gasteiger partial charge in [-0.1, -0.05) is 17.7 Å². The zero-order valence-corrected chi connectivity index (χ0v) is 10.3. The van der Waals surface area contributed by atoms with E-state index in [4.69, 9.17) is 16.3 Å². The average molecular weight is 262 g/mol. The lowest BCUT2D eigenvalue weighted by Crippen LogP contribution is -2.19. The number of aliphatic hydroxyl groups is 1. The van der Waals surface area contributed by atoms with Crippen LogP contribution in [0.15, 0.2) is 42.7 Å². The lowest BCUT2D eigenvalue weighted by Gasteiger charge is -2.29. The number of rotatable bonds is 1. The highest BCUT2D eigenvalue weighted by atomic mass is 35.5. The van der Waals surface area contributed by atoms with Gasteiger partial charge in [-0.15, -0.1) is 0 Å². The number of pyridine rings is 1. The Morgan fingerprint density at radius 1 is 1.33 bits per heavy atom. The first-order chi connectivity index (χ1) is 8.74. The molecule has 0 spiro atoms. The van der Waals surface area contributed by atoms with Crippen molar-refractivity contribution < 1.29 is 9.84 Å². The average Bonchev–Trinajstić information content (AvgIpc) is 2.40. The molecule has 2 unspecified atom stereocenters. The van der Waals surface area contributed by atoms with Gasteiger partial charge in [-0.3, -0.25) is 4.98 Å². The van der Waals surface area contributed by atoms with Crippen LogP contribution in [0.3, 0.4) is 0 Å². The van der Waals surface area contributed by atoms with E-state index in [1.807, 2.05) is 12.1 Å². The van der Waals surface area contributed by atoms with E-state index in [-0.39, 0.29) is 6.10 Å². The second-order valence-electron chi connectivity index (χ2n) is 4.33. The third-order valence-electron chi connectivity index (χ3n) is 3.09. The van der Waals surface area contributed by atoms with Gasteiger partial charge in [0.25, 0.3) is 0 Å². The third kappa shape index (κ3) is 2.07. The molecule has 1 N–H and O–H groups in total. The predicted octanol–water partition coefficient (Wildman–Crippen LogP) is 3.29. The molecule has 0 bridgehead atoms. The maximum Gasteiger partial charge on any atom is 0.128 e. The molecule has 1 aromatic heterocycles. The van der Waals surface area contributed by atoms with Crippen LogP contribution in [0.1, 0.15) is 29.8 Å². The molecule has 3 rings (SSSR count). The van der Waals surface area contributed by atoms with Gasteiger partial charge in [0.15, 0.2) is 0 Å². The molecule has 92 valence electrons. The number of ether oxygens (including phenoxy) is 1. The molecular formula is C14H12ClNO2. The molecule has 2 aromatic rings. The van der Waals surface area contributed by atoms with Gasteiger partial charge in [-0.05, 0) is 24.3 Å². The molecule has 18 heavy (non-hydrogen) atoms. The number of aliphatic hydroxyl groups excluding tert-OH is 1. The van der Waals surface area contributed by atoms with Crippen molar-refractivity contribution in [3.63, 3.8) is 0 Å². The van der Waals surface area contributed by atoms with Gasteiger partial charge < -0.3 is 9.84 Å². The first kappa shape index (κ1) is 11.5. The van der Waals surface area contributed by atoms with Crippen LogP contribution in [-0.2, 0) is 0 Å². The molecule has 0 radical (unpaired) electrons. The van der Waals surface area contributed by atoms with Gasteiger partial charge in [-0.25, -0.2) is 0 Å². The second kappa shape index (κ2) is 4.59. The van der Waals surface area contributed by atoms with Crippen LogP contribution >= 0.6 is 11.6 Å². The van der Waals surface area contributed by atoms with Crippen molar-refractivity contribution >= 4 is 11.6 Å². The Labute approximate surface area is 110 Å². The van der Waals surface area contributed by atoms with Crippen LogP contribution < -0.4 is 4.74 Å². The lowest BCUT2D eigenvalue weighted by atomic mass is 9.96. The molecule has 4 heteroatoms. The van der Waals surface area contributed by atoms with Crippen LogP contribution in [0.25, 0.3) is 0 Å². The maximum atomic E-state index is 10.2. The molecule has 0 fully saturated rings. The summed E-state index contributed by atoms with van der Waals surface area (Å²) in [6, 6.07) is 9.12. The van der Waals surface area contributed by atoms with Crippen molar-refractivity contribution in [1.29, 1.82) is 0 Å². The SMILES string of the molecule is OC1CC(c2cccnc2)Oc2ccc(Cl)cc21. The highest BCUT2D eigenvalue weighted by Gasteiger charge is 2.28. The molecule has 1 aliphatic heterocycles. The number of nitrogens with zero attached hydrogens (tertiary/aromatic N) is 1. The number of hydrogen-bond donors (Lipinski definition) is 1. The van der Waals surface area contributed by atoms with Crippen molar-refractivity contribution in [1.82, 2.24) is 4.98 Å². The van der Waals surface area contributed by atoms with E-state index in [9.17, 15) is 5.11 Å². The summed E-state index contributed by atoms with van der Waals surface area (Å²) in [5.41, 5.74) is 1.72. The first-order valence-electron chi connectivity index (χ1n) is 5.78. The predicted molar refractivity (Wildman–Crippen MR) is 68.6 cm³/mol. The molecule has 0 saturated heterocycles. The zero-order chi connectivity index (χ0) is 12.5. The summed E-state index contributed by atoms with van der Waals surface area (Å²) in [7, 11) is 0. The Bertz CT molecular complexity index is 559. The molecule has 0 saturated carbocycles. The number of halogens is 1. The minimum Gasteiger partial charge on any atom is -0.485 e. The van der Waals surface area contributed by atoms with Gasteiger partial charge in [0.2, 0.25) is 0 Å². The Morgan fingerprint density at radius 3 is 3.00 bits per heavy atom. The van der Waals surface area contributed by atoms with E-state index >= 15 is 0 Å². The molecule has 3 nitrogen and oxygen atoms in total. The van der Waals surface area contributed by atoms with Crippen LogP contribution in [-0.4, -0.2) is 10.1 Å². The van der Waals surface area contributed by atoms with E-state index in [1.165, 1.54) is 0 Å². The summed E-state index contributed by atoms with van der Waals surface area (Å²) in [6.45, 7) is 0. The van der Waals surface area contributed by atoms with Gasteiger partial charge in [0.05, 0.1) is 6.10 Å².